The highest BCUT2D eigenvalue weighted by Gasteiger charge is 2.29. The molecule has 110 valence electrons. The van der Waals surface area contributed by atoms with E-state index in [0.717, 1.165) is 12.1 Å². The van der Waals surface area contributed by atoms with E-state index in [9.17, 15) is 22.8 Å². The Balaban J connectivity index is 2.50. The zero-order chi connectivity index (χ0) is 15.3. The molecule has 20 heavy (non-hydrogen) atoms. The van der Waals surface area contributed by atoms with E-state index in [1.807, 2.05) is 0 Å². The summed E-state index contributed by atoms with van der Waals surface area (Å²) < 4.78 is 36.9. The van der Waals surface area contributed by atoms with E-state index in [4.69, 9.17) is 10.8 Å². The molecule has 5 nitrogen and oxygen atoms in total. The first kappa shape index (κ1) is 16.0. The number of carbonyl (C=O) groups is 2. The van der Waals surface area contributed by atoms with E-state index in [2.05, 4.69) is 5.32 Å². The number of hydrogen-bond acceptors (Lipinski definition) is 3. The van der Waals surface area contributed by atoms with Crippen molar-refractivity contribution in [1.82, 2.24) is 5.32 Å². The second-order valence-electron chi connectivity index (χ2n) is 4.12. The summed E-state index contributed by atoms with van der Waals surface area (Å²) >= 11 is 0. The minimum absolute atomic E-state index is 0.00328. The zero-order valence-corrected chi connectivity index (χ0v) is 10.3. The van der Waals surface area contributed by atoms with Gasteiger partial charge < -0.3 is 16.2 Å². The van der Waals surface area contributed by atoms with Gasteiger partial charge in [-0.2, -0.15) is 13.2 Å². The molecule has 4 N–H and O–H groups in total. The van der Waals surface area contributed by atoms with Gasteiger partial charge in [0.25, 0.3) is 0 Å². The molecule has 1 amide bonds. The lowest BCUT2D eigenvalue weighted by Gasteiger charge is -2.09. The number of carbonyl (C=O) groups excluding carboxylic acids is 1. The van der Waals surface area contributed by atoms with Crippen molar-refractivity contribution in [1.29, 1.82) is 0 Å². The molecule has 0 aromatic heterocycles. The lowest BCUT2D eigenvalue weighted by Crippen LogP contribution is -2.36. The lowest BCUT2D eigenvalue weighted by atomic mass is 10.1. The topological polar surface area (TPSA) is 92.4 Å². The molecule has 1 atom stereocenters. The van der Waals surface area contributed by atoms with Crippen LogP contribution in [-0.4, -0.2) is 23.0 Å². The highest BCUT2D eigenvalue weighted by molar-refractivity contribution is 5.84. The first-order valence-electron chi connectivity index (χ1n) is 5.61. The monoisotopic (exact) mass is 290 g/mol. The molecule has 0 heterocycles. The molecule has 1 unspecified atom stereocenters. The van der Waals surface area contributed by atoms with Crippen LogP contribution in [0.2, 0.25) is 0 Å². The quantitative estimate of drug-likeness (QED) is 0.757. The van der Waals surface area contributed by atoms with Crippen LogP contribution in [0.15, 0.2) is 24.3 Å². The smallest absolute Gasteiger partial charge is 0.416 e. The van der Waals surface area contributed by atoms with Crippen LogP contribution in [0.5, 0.6) is 0 Å². The molecule has 1 aromatic carbocycles. The number of hydrogen-bond donors (Lipinski definition) is 3. The van der Waals surface area contributed by atoms with Crippen LogP contribution in [0.25, 0.3) is 0 Å². The van der Waals surface area contributed by atoms with E-state index in [0.29, 0.717) is 5.56 Å². The third-order valence-electron chi connectivity index (χ3n) is 2.49. The standard InChI is InChI=1S/C12H13F3N2O3/c13-12(14,15)8-3-1-7(2-4-8)6-17-10(18)5-9(16)11(19)20/h1-4,9H,5-6,16H2,(H,17,18)(H,19,20). The van der Waals surface area contributed by atoms with Crippen molar-refractivity contribution in [2.45, 2.75) is 25.2 Å². The fourth-order valence-corrected chi connectivity index (χ4v) is 1.37. The number of aliphatic carboxylic acids is 1. The summed E-state index contributed by atoms with van der Waals surface area (Å²) in [5.74, 6) is -1.88. The number of alkyl halides is 3. The number of nitrogens with two attached hydrogens (primary N) is 1. The van der Waals surface area contributed by atoms with Crippen LogP contribution in [0.1, 0.15) is 17.5 Å². The first-order valence-corrected chi connectivity index (χ1v) is 5.61. The number of nitrogens with one attached hydrogen (secondary N) is 1. The van der Waals surface area contributed by atoms with Crippen LogP contribution in [0, 0.1) is 0 Å². The van der Waals surface area contributed by atoms with Crippen molar-refractivity contribution in [2.75, 3.05) is 0 Å². The van der Waals surface area contributed by atoms with E-state index in [1.54, 1.807) is 0 Å². The van der Waals surface area contributed by atoms with Crippen molar-refractivity contribution < 1.29 is 27.9 Å². The van der Waals surface area contributed by atoms with Gasteiger partial charge in [-0.1, -0.05) is 12.1 Å². The molecule has 0 aliphatic carbocycles. The molecular formula is C12H13F3N2O3. The summed E-state index contributed by atoms with van der Waals surface area (Å²) in [6.07, 6.45) is -4.80. The van der Waals surface area contributed by atoms with Gasteiger partial charge in [0.05, 0.1) is 12.0 Å². The average molecular weight is 290 g/mol. The van der Waals surface area contributed by atoms with Gasteiger partial charge >= 0.3 is 12.1 Å². The largest absolute Gasteiger partial charge is 0.480 e. The maximum atomic E-state index is 12.3. The van der Waals surface area contributed by atoms with Gasteiger partial charge in [-0.25, -0.2) is 0 Å². The van der Waals surface area contributed by atoms with Crippen molar-refractivity contribution in [3.63, 3.8) is 0 Å². The summed E-state index contributed by atoms with van der Waals surface area (Å²) in [6, 6.07) is 2.98. The third kappa shape index (κ3) is 4.88. The molecule has 0 aliphatic heterocycles. The van der Waals surface area contributed by atoms with Gasteiger partial charge in [0.1, 0.15) is 6.04 Å². The van der Waals surface area contributed by atoms with E-state index in [-0.39, 0.29) is 6.54 Å². The van der Waals surface area contributed by atoms with Crippen LogP contribution < -0.4 is 11.1 Å². The summed E-state index contributed by atoms with van der Waals surface area (Å²) in [6.45, 7) is 0.00328. The van der Waals surface area contributed by atoms with Gasteiger partial charge in [0.2, 0.25) is 5.91 Å². The Hall–Kier alpha value is -2.09. The molecule has 1 rings (SSSR count). The summed E-state index contributed by atoms with van der Waals surface area (Å²) in [5.41, 5.74) is 4.86. The maximum Gasteiger partial charge on any atom is 0.416 e. The van der Waals surface area contributed by atoms with E-state index >= 15 is 0 Å². The number of amides is 1. The number of benzene rings is 1. The number of rotatable bonds is 5. The summed E-state index contributed by atoms with van der Waals surface area (Å²) in [4.78, 5) is 21.8. The molecule has 1 aromatic rings. The second-order valence-corrected chi connectivity index (χ2v) is 4.12. The predicted molar refractivity (Wildman–Crippen MR) is 63.5 cm³/mol. The maximum absolute atomic E-state index is 12.3. The van der Waals surface area contributed by atoms with Gasteiger partial charge in [-0.05, 0) is 17.7 Å². The summed E-state index contributed by atoms with van der Waals surface area (Å²) in [7, 11) is 0. The Labute approximate surface area is 112 Å². The molecule has 0 saturated carbocycles. The minimum atomic E-state index is -4.41. The molecule has 0 radical (unpaired) electrons. The zero-order valence-electron chi connectivity index (χ0n) is 10.3. The Morgan fingerprint density at radius 1 is 1.25 bits per heavy atom. The highest BCUT2D eigenvalue weighted by Crippen LogP contribution is 2.28. The molecule has 0 spiro atoms. The van der Waals surface area contributed by atoms with Crippen LogP contribution in [-0.2, 0) is 22.3 Å². The Bertz CT molecular complexity index is 486. The van der Waals surface area contributed by atoms with Gasteiger partial charge in [-0.15, -0.1) is 0 Å². The van der Waals surface area contributed by atoms with E-state index in [1.165, 1.54) is 12.1 Å². The average Bonchev–Trinajstić information content (AvgIpc) is 2.35. The van der Waals surface area contributed by atoms with Crippen LogP contribution in [0.3, 0.4) is 0 Å². The molecule has 0 aliphatic rings. The fourth-order valence-electron chi connectivity index (χ4n) is 1.37. The molecule has 0 fully saturated rings. The fraction of sp³-hybridized carbons (Fsp3) is 0.333. The Kier molecular flexibility index (Phi) is 5.09. The number of carboxylic acids is 1. The lowest BCUT2D eigenvalue weighted by molar-refractivity contribution is -0.140. The second kappa shape index (κ2) is 6.38. The third-order valence-corrected chi connectivity index (χ3v) is 2.49. The van der Waals surface area contributed by atoms with Gasteiger partial charge in [0, 0.05) is 6.54 Å². The van der Waals surface area contributed by atoms with Crippen molar-refractivity contribution in [2.24, 2.45) is 5.73 Å². The van der Waals surface area contributed by atoms with Crippen molar-refractivity contribution in [3.05, 3.63) is 35.4 Å². The van der Waals surface area contributed by atoms with Gasteiger partial charge in [0.15, 0.2) is 0 Å². The SMILES string of the molecule is NC(CC(=O)NCc1ccc(C(F)(F)F)cc1)C(=O)O. The van der Waals surface area contributed by atoms with Crippen molar-refractivity contribution in [3.8, 4) is 0 Å². The minimum Gasteiger partial charge on any atom is -0.480 e. The molecule has 0 bridgehead atoms. The van der Waals surface area contributed by atoms with Crippen LogP contribution in [0.4, 0.5) is 13.2 Å². The van der Waals surface area contributed by atoms with Gasteiger partial charge in [-0.3, -0.25) is 9.59 Å². The number of halogens is 3. The molecule has 8 heteroatoms. The predicted octanol–water partition coefficient (Wildman–Crippen LogP) is 1.12. The normalized spacial score (nSPS) is 12.8. The first-order chi connectivity index (χ1) is 9.20. The van der Waals surface area contributed by atoms with Crippen molar-refractivity contribution >= 4 is 11.9 Å². The molecule has 0 saturated heterocycles. The van der Waals surface area contributed by atoms with Crippen LogP contribution >= 0.6 is 0 Å². The Morgan fingerprint density at radius 2 is 1.80 bits per heavy atom. The molecular weight excluding hydrogens is 277 g/mol. The summed E-state index contributed by atoms with van der Waals surface area (Å²) in [5, 5.41) is 10.9. The Morgan fingerprint density at radius 3 is 2.25 bits per heavy atom. The highest BCUT2D eigenvalue weighted by atomic mass is 19.4. The van der Waals surface area contributed by atoms with E-state index < -0.39 is 36.1 Å². The number of carboxylic acid groups (broad SMARTS) is 1.